The van der Waals surface area contributed by atoms with E-state index in [9.17, 15) is 0 Å². The summed E-state index contributed by atoms with van der Waals surface area (Å²) in [5.41, 5.74) is 7.88. The van der Waals surface area contributed by atoms with E-state index in [-0.39, 0.29) is 30.0 Å². The second kappa shape index (κ2) is 9.96. The zero-order chi connectivity index (χ0) is 16.8. The minimum Gasteiger partial charge on any atom is -0.497 e. The summed E-state index contributed by atoms with van der Waals surface area (Å²) in [5.74, 6) is 1.15. The molecule has 0 aliphatic heterocycles. The van der Waals surface area contributed by atoms with Gasteiger partial charge in [0.1, 0.15) is 5.75 Å². The lowest BCUT2D eigenvalue weighted by Gasteiger charge is -2.16. The molecule has 0 heterocycles. The third kappa shape index (κ3) is 6.03. The summed E-state index contributed by atoms with van der Waals surface area (Å²) >= 11 is 12.1. The van der Waals surface area contributed by atoms with Crippen LogP contribution in [0.2, 0.25) is 10.0 Å². The van der Waals surface area contributed by atoms with Crippen molar-refractivity contribution in [2.24, 2.45) is 10.7 Å². The van der Waals surface area contributed by atoms with E-state index in [1.54, 1.807) is 19.2 Å². The molecular formula is C17H20Cl2IN3O. The van der Waals surface area contributed by atoms with E-state index in [0.717, 1.165) is 16.9 Å². The molecule has 24 heavy (non-hydrogen) atoms. The zero-order valence-corrected chi connectivity index (χ0v) is 17.3. The number of methoxy groups -OCH3 is 1. The summed E-state index contributed by atoms with van der Waals surface area (Å²) in [5, 5.41) is 4.32. The SMILES string of the molecule is COc1cccc(CN=C(N)NC(C)c2ccc(Cl)cc2Cl)c1.I. The van der Waals surface area contributed by atoms with Crippen LogP contribution in [-0.4, -0.2) is 13.1 Å². The number of halogens is 3. The molecule has 1 unspecified atom stereocenters. The van der Waals surface area contributed by atoms with Crippen LogP contribution in [0.1, 0.15) is 24.1 Å². The Labute approximate surface area is 169 Å². The fraction of sp³-hybridized carbons (Fsp3) is 0.235. The Morgan fingerprint density at radius 3 is 2.67 bits per heavy atom. The van der Waals surface area contributed by atoms with Crippen LogP contribution in [0.3, 0.4) is 0 Å². The van der Waals surface area contributed by atoms with Crippen LogP contribution in [0.5, 0.6) is 5.75 Å². The van der Waals surface area contributed by atoms with Crippen LogP contribution in [0.15, 0.2) is 47.5 Å². The lowest BCUT2D eigenvalue weighted by Crippen LogP contribution is -2.34. The highest BCUT2D eigenvalue weighted by atomic mass is 127. The van der Waals surface area contributed by atoms with Gasteiger partial charge in [0.25, 0.3) is 0 Å². The second-order valence-electron chi connectivity index (χ2n) is 5.08. The number of nitrogens with one attached hydrogen (secondary N) is 1. The van der Waals surface area contributed by atoms with Crippen LogP contribution in [-0.2, 0) is 6.54 Å². The highest BCUT2D eigenvalue weighted by molar-refractivity contribution is 14.0. The van der Waals surface area contributed by atoms with Crippen LogP contribution in [0.4, 0.5) is 0 Å². The van der Waals surface area contributed by atoms with Gasteiger partial charge in [-0.05, 0) is 42.3 Å². The van der Waals surface area contributed by atoms with Gasteiger partial charge in [-0.2, -0.15) is 0 Å². The molecule has 4 nitrogen and oxygen atoms in total. The molecule has 0 aromatic heterocycles. The van der Waals surface area contributed by atoms with Crippen LogP contribution < -0.4 is 15.8 Å². The van der Waals surface area contributed by atoms with Crippen molar-refractivity contribution in [1.82, 2.24) is 5.32 Å². The highest BCUT2D eigenvalue weighted by Gasteiger charge is 2.10. The smallest absolute Gasteiger partial charge is 0.189 e. The summed E-state index contributed by atoms with van der Waals surface area (Å²) in [6, 6.07) is 13.0. The number of ether oxygens (including phenoxy) is 1. The second-order valence-corrected chi connectivity index (χ2v) is 5.93. The molecule has 1 atom stereocenters. The summed E-state index contributed by atoms with van der Waals surface area (Å²) < 4.78 is 5.19. The number of aliphatic imine (C=N–C) groups is 1. The molecule has 0 saturated heterocycles. The molecule has 0 radical (unpaired) electrons. The Balaban J connectivity index is 0.00000288. The number of hydrogen-bond donors (Lipinski definition) is 2. The Morgan fingerprint density at radius 2 is 2.00 bits per heavy atom. The standard InChI is InChI=1S/C17H19Cl2N3O.HI/c1-11(15-7-6-13(18)9-16(15)19)22-17(20)21-10-12-4-3-5-14(8-12)23-2;/h3-9,11H,10H2,1-2H3,(H3,20,21,22);1H. The van der Waals surface area contributed by atoms with Gasteiger partial charge in [0.2, 0.25) is 0 Å². The molecule has 130 valence electrons. The molecule has 0 aliphatic rings. The molecule has 3 N–H and O–H groups in total. The van der Waals surface area contributed by atoms with Gasteiger partial charge in [-0.25, -0.2) is 4.99 Å². The van der Waals surface area contributed by atoms with E-state index in [2.05, 4.69) is 10.3 Å². The summed E-state index contributed by atoms with van der Waals surface area (Å²) in [6.07, 6.45) is 0. The fourth-order valence-corrected chi connectivity index (χ4v) is 2.72. The zero-order valence-electron chi connectivity index (χ0n) is 13.4. The maximum Gasteiger partial charge on any atom is 0.189 e. The molecule has 0 aliphatic carbocycles. The maximum atomic E-state index is 6.20. The first-order valence-corrected chi connectivity index (χ1v) is 7.89. The fourth-order valence-electron chi connectivity index (χ4n) is 2.15. The normalized spacial score (nSPS) is 12.2. The average molecular weight is 480 g/mol. The van der Waals surface area contributed by atoms with Crippen molar-refractivity contribution in [3.8, 4) is 5.75 Å². The van der Waals surface area contributed by atoms with Gasteiger partial charge in [-0.3, -0.25) is 0 Å². The molecule has 0 amide bonds. The molecule has 0 saturated carbocycles. The first kappa shape index (κ1) is 20.9. The third-order valence-electron chi connectivity index (χ3n) is 3.36. The van der Waals surface area contributed by atoms with E-state index < -0.39 is 0 Å². The molecule has 2 rings (SSSR count). The number of benzene rings is 2. The lowest BCUT2D eigenvalue weighted by atomic mass is 10.1. The first-order valence-electron chi connectivity index (χ1n) is 7.14. The lowest BCUT2D eigenvalue weighted by molar-refractivity contribution is 0.414. The molecular weight excluding hydrogens is 460 g/mol. The number of nitrogens with two attached hydrogens (primary N) is 1. The largest absolute Gasteiger partial charge is 0.497 e. The topological polar surface area (TPSA) is 59.6 Å². The van der Waals surface area contributed by atoms with Crippen molar-refractivity contribution in [3.05, 3.63) is 63.6 Å². The van der Waals surface area contributed by atoms with Gasteiger partial charge in [-0.15, -0.1) is 24.0 Å². The van der Waals surface area contributed by atoms with Crippen LogP contribution in [0, 0.1) is 0 Å². The van der Waals surface area contributed by atoms with E-state index in [4.69, 9.17) is 33.7 Å². The van der Waals surface area contributed by atoms with Crippen molar-refractivity contribution < 1.29 is 4.74 Å². The van der Waals surface area contributed by atoms with E-state index >= 15 is 0 Å². The van der Waals surface area contributed by atoms with Crippen molar-refractivity contribution in [3.63, 3.8) is 0 Å². The highest BCUT2D eigenvalue weighted by Crippen LogP contribution is 2.25. The van der Waals surface area contributed by atoms with Gasteiger partial charge in [0.05, 0.1) is 19.7 Å². The number of guanidine groups is 1. The minimum atomic E-state index is -0.0752. The van der Waals surface area contributed by atoms with Crippen molar-refractivity contribution in [1.29, 1.82) is 0 Å². The summed E-state index contributed by atoms with van der Waals surface area (Å²) in [7, 11) is 1.63. The van der Waals surface area contributed by atoms with E-state index in [0.29, 0.717) is 22.5 Å². The van der Waals surface area contributed by atoms with Crippen molar-refractivity contribution in [2.75, 3.05) is 7.11 Å². The van der Waals surface area contributed by atoms with Gasteiger partial charge in [0, 0.05) is 10.0 Å². The molecule has 7 heteroatoms. The molecule has 0 bridgehead atoms. The maximum absolute atomic E-state index is 6.20. The summed E-state index contributed by atoms with van der Waals surface area (Å²) in [6.45, 7) is 2.43. The molecule has 0 spiro atoms. The van der Waals surface area contributed by atoms with Crippen molar-refractivity contribution in [2.45, 2.75) is 19.5 Å². The Morgan fingerprint density at radius 1 is 1.25 bits per heavy atom. The number of nitrogens with zero attached hydrogens (tertiary/aromatic N) is 1. The van der Waals surface area contributed by atoms with Gasteiger partial charge >= 0.3 is 0 Å². The van der Waals surface area contributed by atoms with E-state index in [1.165, 1.54) is 0 Å². The predicted octanol–water partition coefficient (Wildman–Crippen LogP) is 4.79. The minimum absolute atomic E-state index is 0. The molecule has 0 fully saturated rings. The van der Waals surface area contributed by atoms with Gasteiger partial charge < -0.3 is 15.8 Å². The number of rotatable bonds is 5. The van der Waals surface area contributed by atoms with E-state index in [1.807, 2.05) is 37.3 Å². The first-order chi connectivity index (χ1) is 11.0. The number of hydrogen-bond acceptors (Lipinski definition) is 2. The Kier molecular flexibility index (Phi) is 8.66. The van der Waals surface area contributed by atoms with Crippen LogP contribution >= 0.6 is 47.2 Å². The van der Waals surface area contributed by atoms with Crippen LogP contribution in [0.25, 0.3) is 0 Å². The predicted molar refractivity (Wildman–Crippen MR) is 112 cm³/mol. The monoisotopic (exact) mass is 479 g/mol. The van der Waals surface area contributed by atoms with Crippen molar-refractivity contribution >= 4 is 53.1 Å². The molecule has 2 aromatic carbocycles. The van der Waals surface area contributed by atoms with Gasteiger partial charge in [-0.1, -0.05) is 41.4 Å². The average Bonchev–Trinajstić information content (AvgIpc) is 2.53. The Hall–Kier alpha value is -1.18. The summed E-state index contributed by atoms with van der Waals surface area (Å²) in [4.78, 5) is 4.34. The van der Waals surface area contributed by atoms with Gasteiger partial charge in [0.15, 0.2) is 5.96 Å². The third-order valence-corrected chi connectivity index (χ3v) is 3.92. The quantitative estimate of drug-likeness (QED) is 0.368. The molecule has 2 aromatic rings. The Bertz CT molecular complexity index is 710.